The third-order valence-corrected chi connectivity index (χ3v) is 5.93. The van der Waals surface area contributed by atoms with Crippen LogP contribution >= 0.6 is 24.0 Å². The summed E-state index contributed by atoms with van der Waals surface area (Å²) in [5.74, 6) is 3.37. The minimum atomic E-state index is 0. The number of benzene rings is 1. The lowest BCUT2D eigenvalue weighted by atomic mass is 9.93. The molecule has 1 N–H and O–H groups in total. The highest BCUT2D eigenvalue weighted by molar-refractivity contribution is 14.0. The molecule has 0 spiro atoms. The van der Waals surface area contributed by atoms with Crippen molar-refractivity contribution in [1.29, 1.82) is 0 Å². The van der Waals surface area contributed by atoms with Gasteiger partial charge in [-0.05, 0) is 42.2 Å². The molecular weight excluding hydrogens is 517 g/mol. The van der Waals surface area contributed by atoms with Crippen molar-refractivity contribution < 1.29 is 9.15 Å². The van der Waals surface area contributed by atoms with E-state index in [1.54, 1.807) is 13.4 Å². The van der Waals surface area contributed by atoms with Crippen molar-refractivity contribution in [3.8, 4) is 5.75 Å². The van der Waals surface area contributed by atoms with Gasteiger partial charge < -0.3 is 23.9 Å². The molecule has 0 amide bonds. The molecule has 1 aliphatic heterocycles. The van der Waals surface area contributed by atoms with Gasteiger partial charge >= 0.3 is 0 Å². The molecule has 0 radical (unpaired) electrons. The number of aliphatic imine (C=N–C) groups is 1. The fourth-order valence-electron chi connectivity index (χ4n) is 4.01. The fraction of sp³-hybridized carbons (Fsp3) is 0.417. The Morgan fingerprint density at radius 3 is 2.81 bits per heavy atom. The quantitative estimate of drug-likeness (QED) is 0.269. The number of piperidine rings is 1. The van der Waals surface area contributed by atoms with Gasteiger partial charge in [0.2, 0.25) is 0 Å². The molecule has 0 aliphatic carbocycles. The first-order valence-electron chi connectivity index (χ1n) is 10.9. The number of hydrogen-bond acceptors (Lipinski definition) is 4. The smallest absolute Gasteiger partial charge is 0.194 e. The molecule has 2 atom stereocenters. The van der Waals surface area contributed by atoms with Gasteiger partial charge in [0, 0.05) is 38.4 Å². The van der Waals surface area contributed by atoms with Crippen molar-refractivity contribution in [2.45, 2.75) is 32.4 Å². The number of rotatable bonds is 7. The van der Waals surface area contributed by atoms with Gasteiger partial charge in [0.1, 0.15) is 11.5 Å². The van der Waals surface area contributed by atoms with Gasteiger partial charge in [0.25, 0.3) is 0 Å². The van der Waals surface area contributed by atoms with E-state index < -0.39 is 0 Å². The lowest BCUT2D eigenvalue weighted by molar-refractivity contribution is 0.189. The van der Waals surface area contributed by atoms with Gasteiger partial charge in [-0.1, -0.05) is 19.1 Å². The summed E-state index contributed by atoms with van der Waals surface area (Å²) < 4.78 is 13.0. The minimum Gasteiger partial charge on any atom is -0.497 e. The van der Waals surface area contributed by atoms with Crippen molar-refractivity contribution >= 4 is 29.9 Å². The molecule has 1 fully saturated rings. The van der Waals surface area contributed by atoms with Crippen LogP contribution in [0.25, 0.3) is 0 Å². The number of likely N-dealkylation sites (tertiary alicyclic amines) is 1. The molecule has 7 nitrogen and oxygen atoms in total. The Balaban J connectivity index is 0.00000289. The van der Waals surface area contributed by atoms with Gasteiger partial charge in [-0.2, -0.15) is 0 Å². The first kappa shape index (κ1) is 24.2. The van der Waals surface area contributed by atoms with E-state index >= 15 is 0 Å². The van der Waals surface area contributed by atoms with Crippen molar-refractivity contribution in [3.05, 3.63) is 72.7 Å². The van der Waals surface area contributed by atoms with E-state index in [2.05, 4.69) is 45.0 Å². The summed E-state index contributed by atoms with van der Waals surface area (Å²) in [7, 11) is 1.68. The molecule has 1 aliphatic rings. The van der Waals surface area contributed by atoms with Crippen LogP contribution in [0.5, 0.6) is 5.75 Å². The molecule has 1 aromatic carbocycles. The van der Waals surface area contributed by atoms with Gasteiger partial charge in [0.15, 0.2) is 5.96 Å². The molecule has 0 saturated carbocycles. The number of methoxy groups -OCH3 is 1. The molecule has 2 unspecified atom stereocenters. The third kappa shape index (κ3) is 6.27. The molecule has 8 heteroatoms. The zero-order chi connectivity index (χ0) is 21.5. The Bertz CT molecular complexity index is 941. The van der Waals surface area contributed by atoms with Crippen LogP contribution in [-0.4, -0.2) is 47.2 Å². The van der Waals surface area contributed by atoms with E-state index in [1.165, 1.54) is 0 Å². The van der Waals surface area contributed by atoms with E-state index in [-0.39, 0.29) is 24.0 Å². The zero-order valence-electron chi connectivity index (χ0n) is 18.7. The van der Waals surface area contributed by atoms with Crippen molar-refractivity contribution in [1.82, 2.24) is 19.8 Å². The maximum atomic E-state index is 5.48. The van der Waals surface area contributed by atoms with Crippen LogP contribution in [-0.2, 0) is 13.0 Å². The van der Waals surface area contributed by atoms with E-state index in [9.17, 15) is 0 Å². The highest BCUT2D eigenvalue weighted by atomic mass is 127. The Kier molecular flexibility index (Phi) is 9.01. The molecule has 2 aromatic heterocycles. The first-order valence-corrected chi connectivity index (χ1v) is 10.9. The van der Waals surface area contributed by atoms with Gasteiger partial charge in [-0.3, -0.25) is 0 Å². The minimum absolute atomic E-state index is 0. The number of imidazole rings is 1. The standard InChI is InChI=1S/C24H31N5O2.HI/c1-19-10-13-28(17-23(19)29-14-12-25-18-29)24(26-11-9-22-4-3-15-31-22)27-16-20-5-7-21(30-2)8-6-20;/h3-8,12,14-15,18-19,23H,9-11,13,16-17H2,1-2H3,(H,26,27);1H. The Labute approximate surface area is 206 Å². The number of guanidine groups is 1. The van der Waals surface area contributed by atoms with E-state index in [4.69, 9.17) is 14.1 Å². The number of nitrogens with zero attached hydrogens (tertiary/aromatic N) is 4. The number of aromatic nitrogens is 2. The second-order valence-corrected chi connectivity index (χ2v) is 8.03. The molecule has 0 bridgehead atoms. The molecule has 3 heterocycles. The van der Waals surface area contributed by atoms with Crippen LogP contribution in [0.15, 0.2) is 70.8 Å². The van der Waals surface area contributed by atoms with Crippen molar-refractivity contribution in [2.75, 3.05) is 26.7 Å². The summed E-state index contributed by atoms with van der Waals surface area (Å²) in [6.07, 6.45) is 9.49. The molecule has 4 rings (SSSR count). The maximum Gasteiger partial charge on any atom is 0.194 e. The lowest BCUT2D eigenvalue weighted by Gasteiger charge is -2.39. The average molecular weight is 549 g/mol. The van der Waals surface area contributed by atoms with Crippen LogP contribution < -0.4 is 10.1 Å². The summed E-state index contributed by atoms with van der Waals surface area (Å²) in [6.45, 7) is 5.61. The predicted molar refractivity (Wildman–Crippen MR) is 137 cm³/mol. The number of hydrogen-bond donors (Lipinski definition) is 1. The number of nitrogens with one attached hydrogen (secondary N) is 1. The van der Waals surface area contributed by atoms with Crippen LogP contribution in [0.2, 0.25) is 0 Å². The van der Waals surface area contributed by atoms with E-state index in [0.717, 1.165) is 55.5 Å². The number of ether oxygens (including phenoxy) is 1. The highest BCUT2D eigenvalue weighted by Gasteiger charge is 2.29. The van der Waals surface area contributed by atoms with Crippen molar-refractivity contribution in [3.63, 3.8) is 0 Å². The highest BCUT2D eigenvalue weighted by Crippen LogP contribution is 2.27. The lowest BCUT2D eigenvalue weighted by Crippen LogP contribution is -2.49. The predicted octanol–water partition coefficient (Wildman–Crippen LogP) is 4.37. The molecule has 3 aromatic rings. The normalized spacial score (nSPS) is 18.8. The SMILES string of the molecule is COc1ccc(CN=C(NCCc2ccco2)N2CCC(C)C(n3ccnc3)C2)cc1.I. The Hall–Kier alpha value is -2.49. The van der Waals surface area contributed by atoms with Crippen LogP contribution in [0.4, 0.5) is 0 Å². The van der Waals surface area contributed by atoms with Gasteiger partial charge in [0.05, 0.1) is 32.3 Å². The molecular formula is C24H32IN5O2. The van der Waals surface area contributed by atoms with Crippen molar-refractivity contribution in [2.24, 2.45) is 10.9 Å². The topological polar surface area (TPSA) is 67.8 Å². The summed E-state index contributed by atoms with van der Waals surface area (Å²) >= 11 is 0. The fourth-order valence-corrected chi connectivity index (χ4v) is 4.01. The van der Waals surface area contributed by atoms with Crippen LogP contribution in [0.1, 0.15) is 30.7 Å². The van der Waals surface area contributed by atoms with Gasteiger partial charge in [-0.15, -0.1) is 24.0 Å². The van der Waals surface area contributed by atoms with E-state index in [0.29, 0.717) is 18.5 Å². The van der Waals surface area contributed by atoms with Gasteiger partial charge in [-0.25, -0.2) is 9.98 Å². The molecule has 172 valence electrons. The first-order chi connectivity index (χ1) is 15.2. The third-order valence-electron chi connectivity index (χ3n) is 5.93. The summed E-state index contributed by atoms with van der Waals surface area (Å²) in [5, 5.41) is 3.57. The maximum absolute atomic E-state index is 5.48. The van der Waals surface area contributed by atoms with Crippen LogP contribution in [0.3, 0.4) is 0 Å². The second-order valence-electron chi connectivity index (χ2n) is 8.03. The summed E-state index contributed by atoms with van der Waals surface area (Å²) in [4.78, 5) is 11.6. The summed E-state index contributed by atoms with van der Waals surface area (Å²) in [6, 6.07) is 12.4. The van der Waals surface area contributed by atoms with E-state index in [1.807, 2.05) is 36.8 Å². The number of furan rings is 1. The number of halogens is 1. The van der Waals surface area contributed by atoms with Crippen LogP contribution in [0, 0.1) is 5.92 Å². The second kappa shape index (κ2) is 11.9. The largest absolute Gasteiger partial charge is 0.497 e. The Morgan fingerprint density at radius 2 is 2.12 bits per heavy atom. The zero-order valence-corrected chi connectivity index (χ0v) is 21.0. The molecule has 32 heavy (non-hydrogen) atoms. The summed E-state index contributed by atoms with van der Waals surface area (Å²) in [5.41, 5.74) is 1.16. The molecule has 1 saturated heterocycles. The average Bonchev–Trinajstić information content (AvgIpc) is 3.51. The monoisotopic (exact) mass is 549 g/mol. The Morgan fingerprint density at radius 1 is 1.28 bits per heavy atom.